The smallest absolute Gasteiger partial charge is 0.308 e. The maximum absolute atomic E-state index is 11.6. The predicted molar refractivity (Wildman–Crippen MR) is 79.0 cm³/mol. The number of hydrogen-bond donors (Lipinski definition) is 0. The van der Waals surface area contributed by atoms with Gasteiger partial charge in [0.1, 0.15) is 0 Å². The van der Waals surface area contributed by atoms with E-state index in [0.29, 0.717) is 18.4 Å². The van der Waals surface area contributed by atoms with Crippen molar-refractivity contribution in [3.05, 3.63) is 0 Å². The van der Waals surface area contributed by atoms with Crippen LogP contribution in [0, 0.1) is 23.2 Å². The highest BCUT2D eigenvalue weighted by molar-refractivity contribution is 5.71. The Bertz CT molecular complexity index is 267. The van der Waals surface area contributed by atoms with Crippen LogP contribution in [-0.4, -0.2) is 25.3 Å². The third kappa shape index (κ3) is 6.95. The maximum Gasteiger partial charge on any atom is 0.308 e. The molecule has 0 heterocycles. The molecule has 1 atom stereocenters. The van der Waals surface area contributed by atoms with Gasteiger partial charge in [0.15, 0.2) is 0 Å². The number of carbonyl (C=O) groups is 1. The van der Waals surface area contributed by atoms with Crippen LogP contribution in [0.25, 0.3) is 0 Å². The molecule has 3 nitrogen and oxygen atoms in total. The fraction of sp³-hybridized carbons (Fsp3) is 0.938. The van der Waals surface area contributed by atoms with E-state index in [9.17, 15) is 4.79 Å². The second kappa shape index (κ2) is 7.88. The van der Waals surface area contributed by atoms with Crippen LogP contribution in [0.2, 0.25) is 0 Å². The summed E-state index contributed by atoms with van der Waals surface area (Å²) in [5, 5.41) is 0. The molecule has 0 aromatic rings. The Morgan fingerprint density at radius 1 is 1.05 bits per heavy atom. The van der Waals surface area contributed by atoms with E-state index in [2.05, 4.69) is 41.5 Å². The summed E-state index contributed by atoms with van der Waals surface area (Å²) in [6, 6.07) is 0. The van der Waals surface area contributed by atoms with Crippen molar-refractivity contribution < 1.29 is 14.3 Å². The number of carbonyl (C=O) groups excluding carboxylic acids is 1. The van der Waals surface area contributed by atoms with Gasteiger partial charge < -0.3 is 9.47 Å². The quantitative estimate of drug-likeness (QED) is 0.628. The fourth-order valence-electron chi connectivity index (χ4n) is 2.12. The number of rotatable bonds is 8. The molecule has 0 spiro atoms. The molecule has 0 aromatic carbocycles. The summed E-state index contributed by atoms with van der Waals surface area (Å²) in [6.45, 7) is 17.6. The van der Waals surface area contributed by atoms with Gasteiger partial charge in [-0.15, -0.1) is 0 Å². The zero-order valence-electron chi connectivity index (χ0n) is 13.9. The Balaban J connectivity index is 4.56. The van der Waals surface area contributed by atoms with Crippen molar-refractivity contribution in [2.75, 3.05) is 13.2 Å². The van der Waals surface area contributed by atoms with E-state index in [4.69, 9.17) is 9.47 Å². The van der Waals surface area contributed by atoms with Gasteiger partial charge in [-0.1, -0.05) is 55.4 Å². The molecule has 0 bridgehead atoms. The highest BCUT2D eigenvalue weighted by Gasteiger charge is 2.34. The molecule has 1 unspecified atom stereocenters. The molecule has 3 heteroatoms. The van der Waals surface area contributed by atoms with Crippen LogP contribution in [0.15, 0.2) is 0 Å². The minimum Gasteiger partial charge on any atom is -0.465 e. The molecule has 19 heavy (non-hydrogen) atoms. The largest absolute Gasteiger partial charge is 0.465 e. The maximum atomic E-state index is 11.6. The zero-order valence-corrected chi connectivity index (χ0v) is 13.9. The van der Waals surface area contributed by atoms with Crippen LogP contribution < -0.4 is 0 Å². The minimum atomic E-state index is -0.173. The predicted octanol–water partition coefficient (Wildman–Crippen LogP) is 3.91. The Morgan fingerprint density at radius 3 is 1.95 bits per heavy atom. The summed E-state index contributed by atoms with van der Waals surface area (Å²) >= 11 is 0. The van der Waals surface area contributed by atoms with Crippen molar-refractivity contribution >= 4 is 5.97 Å². The first-order valence-electron chi connectivity index (χ1n) is 7.36. The molecule has 0 aliphatic carbocycles. The molecule has 0 aliphatic rings. The fourth-order valence-corrected chi connectivity index (χ4v) is 2.12. The molecule has 0 amide bonds. The molecule has 114 valence electrons. The van der Waals surface area contributed by atoms with Crippen molar-refractivity contribution in [2.45, 2.75) is 61.5 Å². The minimum absolute atomic E-state index is 0.0788. The topological polar surface area (TPSA) is 35.5 Å². The lowest BCUT2D eigenvalue weighted by atomic mass is 9.81. The van der Waals surface area contributed by atoms with E-state index in [0.717, 1.165) is 6.61 Å². The Kier molecular flexibility index (Phi) is 7.65. The summed E-state index contributed by atoms with van der Waals surface area (Å²) in [4.78, 5) is 11.6. The van der Waals surface area contributed by atoms with Gasteiger partial charge in [-0.3, -0.25) is 4.79 Å². The summed E-state index contributed by atoms with van der Waals surface area (Å²) in [6.07, 6.45) is 0.0925. The SMILES string of the molecule is CC(C)COC(C(C)C)C(C)(C)COC(=O)C(C)C. The van der Waals surface area contributed by atoms with Crippen LogP contribution >= 0.6 is 0 Å². The van der Waals surface area contributed by atoms with Gasteiger partial charge in [0.05, 0.1) is 18.6 Å². The first kappa shape index (κ1) is 18.4. The third-order valence-corrected chi connectivity index (χ3v) is 3.04. The van der Waals surface area contributed by atoms with Gasteiger partial charge in [-0.05, 0) is 11.8 Å². The van der Waals surface area contributed by atoms with E-state index in [-0.39, 0.29) is 23.4 Å². The second-order valence-electron chi connectivity index (χ2n) is 7.14. The molecule has 0 aromatic heterocycles. The molecule has 0 rings (SSSR count). The molecule has 0 N–H and O–H groups in total. The van der Waals surface area contributed by atoms with Gasteiger partial charge in [0.25, 0.3) is 0 Å². The van der Waals surface area contributed by atoms with Gasteiger partial charge in [-0.25, -0.2) is 0 Å². The van der Waals surface area contributed by atoms with E-state index in [1.54, 1.807) is 0 Å². The Hall–Kier alpha value is -0.570. The molecular formula is C16H32O3. The number of hydrogen-bond acceptors (Lipinski definition) is 3. The lowest BCUT2D eigenvalue weighted by molar-refractivity contribution is -0.156. The van der Waals surface area contributed by atoms with Crippen LogP contribution in [-0.2, 0) is 14.3 Å². The average molecular weight is 272 g/mol. The van der Waals surface area contributed by atoms with E-state index in [1.165, 1.54) is 0 Å². The molecule has 0 radical (unpaired) electrons. The molecule has 0 saturated heterocycles. The lowest BCUT2D eigenvalue weighted by Crippen LogP contribution is -2.41. The Morgan fingerprint density at radius 2 is 1.58 bits per heavy atom. The van der Waals surface area contributed by atoms with Crippen LogP contribution in [0.1, 0.15) is 55.4 Å². The first-order valence-corrected chi connectivity index (χ1v) is 7.36. The van der Waals surface area contributed by atoms with E-state index in [1.807, 2.05) is 13.8 Å². The van der Waals surface area contributed by atoms with Crippen molar-refractivity contribution in [2.24, 2.45) is 23.2 Å². The van der Waals surface area contributed by atoms with Gasteiger partial charge in [0.2, 0.25) is 0 Å². The van der Waals surface area contributed by atoms with Crippen LogP contribution in [0.4, 0.5) is 0 Å². The van der Waals surface area contributed by atoms with Gasteiger partial charge in [0, 0.05) is 12.0 Å². The first-order chi connectivity index (χ1) is 8.58. The summed E-state index contributed by atoms with van der Waals surface area (Å²) in [5.74, 6) is 0.686. The molecule has 0 saturated carbocycles. The highest BCUT2D eigenvalue weighted by Crippen LogP contribution is 2.30. The highest BCUT2D eigenvalue weighted by atomic mass is 16.5. The molecule has 0 fully saturated rings. The second-order valence-corrected chi connectivity index (χ2v) is 7.14. The van der Waals surface area contributed by atoms with Crippen molar-refractivity contribution in [1.82, 2.24) is 0 Å². The number of esters is 1. The van der Waals surface area contributed by atoms with E-state index >= 15 is 0 Å². The van der Waals surface area contributed by atoms with Gasteiger partial charge in [-0.2, -0.15) is 0 Å². The average Bonchev–Trinajstić information content (AvgIpc) is 2.24. The van der Waals surface area contributed by atoms with Crippen LogP contribution in [0.3, 0.4) is 0 Å². The van der Waals surface area contributed by atoms with Gasteiger partial charge >= 0.3 is 5.97 Å². The monoisotopic (exact) mass is 272 g/mol. The van der Waals surface area contributed by atoms with Crippen molar-refractivity contribution in [3.8, 4) is 0 Å². The standard InChI is InChI=1S/C16H32O3/c1-11(2)9-18-14(12(3)4)16(7,8)10-19-15(17)13(5)6/h11-14H,9-10H2,1-8H3. The molecule has 0 aliphatic heterocycles. The van der Waals surface area contributed by atoms with Crippen LogP contribution in [0.5, 0.6) is 0 Å². The van der Waals surface area contributed by atoms with Crippen molar-refractivity contribution in [1.29, 1.82) is 0 Å². The zero-order chi connectivity index (χ0) is 15.2. The number of ether oxygens (including phenoxy) is 2. The summed E-state index contributed by atoms with van der Waals surface area (Å²) < 4.78 is 11.4. The third-order valence-electron chi connectivity index (χ3n) is 3.04. The molecular weight excluding hydrogens is 240 g/mol. The van der Waals surface area contributed by atoms with E-state index < -0.39 is 0 Å². The normalized spacial score (nSPS) is 14.3. The lowest BCUT2D eigenvalue weighted by Gasteiger charge is -2.37. The summed E-state index contributed by atoms with van der Waals surface area (Å²) in [7, 11) is 0. The summed E-state index contributed by atoms with van der Waals surface area (Å²) in [5.41, 5.74) is -0.173. The van der Waals surface area contributed by atoms with Crippen molar-refractivity contribution in [3.63, 3.8) is 0 Å². The Labute approximate surface area is 119 Å².